The molecule has 3 heteroatoms. The Kier molecular flexibility index (Phi) is 3.43. The third kappa shape index (κ3) is 1.92. The number of nitrogens with zero attached hydrogens (tertiary/aromatic N) is 2. The van der Waals surface area contributed by atoms with Gasteiger partial charge in [-0.2, -0.15) is 5.26 Å². The van der Waals surface area contributed by atoms with Gasteiger partial charge in [-0.25, -0.2) is 0 Å². The van der Waals surface area contributed by atoms with Crippen molar-refractivity contribution in [2.75, 3.05) is 13.6 Å². The standard InChI is InChI=1S/C15H20N2O/c1-11-9-17(3)14(12(2)15(11,18)10-16)13-7-5-4-6-8-13/h4-8,11-12,14,18H,9H2,1-3H3/t11-,12-,14-,15+/m0/s1. The summed E-state index contributed by atoms with van der Waals surface area (Å²) in [6, 6.07) is 12.3. The minimum absolute atomic E-state index is 0.0394. The summed E-state index contributed by atoms with van der Waals surface area (Å²) in [6.45, 7) is 4.64. The second-order valence-electron chi connectivity index (χ2n) is 5.42. The number of aliphatic hydroxyl groups is 1. The summed E-state index contributed by atoms with van der Waals surface area (Å²) in [5.74, 6) is -0.152. The highest BCUT2D eigenvalue weighted by Crippen LogP contribution is 2.43. The van der Waals surface area contributed by atoms with Crippen molar-refractivity contribution in [3.63, 3.8) is 0 Å². The largest absolute Gasteiger partial charge is 0.375 e. The zero-order chi connectivity index (χ0) is 13.3. The molecule has 0 radical (unpaired) electrons. The van der Waals surface area contributed by atoms with E-state index in [0.29, 0.717) is 0 Å². The lowest BCUT2D eigenvalue weighted by Gasteiger charge is -2.48. The molecule has 1 saturated heterocycles. The van der Waals surface area contributed by atoms with Gasteiger partial charge < -0.3 is 5.11 Å². The second kappa shape index (κ2) is 4.72. The van der Waals surface area contributed by atoms with Gasteiger partial charge >= 0.3 is 0 Å². The topological polar surface area (TPSA) is 47.3 Å². The van der Waals surface area contributed by atoms with Crippen LogP contribution in [0.5, 0.6) is 0 Å². The fourth-order valence-corrected chi connectivity index (χ4v) is 3.16. The van der Waals surface area contributed by atoms with E-state index < -0.39 is 5.60 Å². The Labute approximate surface area is 109 Å². The molecule has 1 aromatic rings. The van der Waals surface area contributed by atoms with Crippen LogP contribution in [0, 0.1) is 23.2 Å². The molecule has 1 heterocycles. The van der Waals surface area contributed by atoms with Crippen molar-refractivity contribution in [2.45, 2.75) is 25.5 Å². The van der Waals surface area contributed by atoms with E-state index in [1.165, 1.54) is 0 Å². The molecule has 0 spiro atoms. The summed E-state index contributed by atoms with van der Waals surface area (Å²) < 4.78 is 0. The zero-order valence-electron chi connectivity index (χ0n) is 11.2. The van der Waals surface area contributed by atoms with Crippen LogP contribution < -0.4 is 0 Å². The van der Waals surface area contributed by atoms with Crippen LogP contribution in [0.2, 0.25) is 0 Å². The molecule has 3 nitrogen and oxygen atoms in total. The van der Waals surface area contributed by atoms with Gasteiger partial charge in [0, 0.05) is 24.4 Å². The molecule has 2 rings (SSSR count). The normalized spacial score (nSPS) is 37.2. The van der Waals surface area contributed by atoms with E-state index in [4.69, 9.17) is 0 Å². The van der Waals surface area contributed by atoms with Gasteiger partial charge in [-0.3, -0.25) is 4.90 Å². The summed E-state index contributed by atoms with van der Waals surface area (Å²) in [6.07, 6.45) is 0. The molecule has 0 bridgehead atoms. The van der Waals surface area contributed by atoms with Gasteiger partial charge in [-0.15, -0.1) is 0 Å². The molecule has 1 aromatic carbocycles. The predicted octanol–water partition coefficient (Wildman–Crippen LogP) is 2.20. The van der Waals surface area contributed by atoms with E-state index in [1.54, 1.807) is 0 Å². The van der Waals surface area contributed by atoms with Gasteiger partial charge in [-0.1, -0.05) is 44.2 Å². The van der Waals surface area contributed by atoms with Crippen molar-refractivity contribution in [1.29, 1.82) is 5.26 Å². The SMILES string of the molecule is C[C@H]1CN(C)[C@H](c2ccccc2)[C@H](C)[C@@]1(O)C#N. The second-order valence-corrected chi connectivity index (χ2v) is 5.42. The Balaban J connectivity index is 2.39. The Morgan fingerprint density at radius 2 is 1.94 bits per heavy atom. The summed E-state index contributed by atoms with van der Waals surface area (Å²) in [5, 5.41) is 19.9. The van der Waals surface area contributed by atoms with E-state index >= 15 is 0 Å². The van der Waals surface area contributed by atoms with Crippen molar-refractivity contribution in [2.24, 2.45) is 11.8 Å². The van der Waals surface area contributed by atoms with Gasteiger partial charge in [0.1, 0.15) is 0 Å². The quantitative estimate of drug-likeness (QED) is 0.770. The number of likely N-dealkylation sites (tertiary alicyclic amines) is 1. The van der Waals surface area contributed by atoms with Gasteiger partial charge in [0.05, 0.1) is 6.07 Å². The van der Waals surface area contributed by atoms with Crippen molar-refractivity contribution in [3.8, 4) is 6.07 Å². The summed E-state index contributed by atoms with van der Waals surface area (Å²) in [7, 11) is 2.06. The van der Waals surface area contributed by atoms with Crippen molar-refractivity contribution in [3.05, 3.63) is 35.9 Å². The van der Waals surface area contributed by atoms with Crippen molar-refractivity contribution in [1.82, 2.24) is 4.90 Å². The fourth-order valence-electron chi connectivity index (χ4n) is 3.16. The third-order valence-electron chi connectivity index (χ3n) is 4.28. The van der Waals surface area contributed by atoms with Crippen LogP contribution in [0.1, 0.15) is 25.5 Å². The van der Waals surface area contributed by atoms with Crippen LogP contribution in [-0.2, 0) is 0 Å². The first-order chi connectivity index (χ1) is 8.50. The van der Waals surface area contributed by atoms with Crippen LogP contribution in [0.3, 0.4) is 0 Å². The Morgan fingerprint density at radius 3 is 2.50 bits per heavy atom. The number of benzene rings is 1. The lowest BCUT2D eigenvalue weighted by molar-refractivity contribution is -0.0878. The maximum atomic E-state index is 10.6. The Morgan fingerprint density at radius 1 is 1.33 bits per heavy atom. The zero-order valence-corrected chi connectivity index (χ0v) is 11.2. The highest BCUT2D eigenvalue weighted by Gasteiger charge is 2.49. The molecule has 0 aliphatic carbocycles. The van der Waals surface area contributed by atoms with E-state index in [1.807, 2.05) is 32.0 Å². The molecular formula is C15H20N2O. The maximum Gasteiger partial charge on any atom is 0.159 e. The van der Waals surface area contributed by atoms with Crippen LogP contribution >= 0.6 is 0 Å². The molecule has 96 valence electrons. The number of nitriles is 1. The van der Waals surface area contributed by atoms with Gasteiger partial charge in [-0.05, 0) is 12.6 Å². The Bertz CT molecular complexity index is 453. The molecule has 0 aromatic heterocycles. The van der Waals surface area contributed by atoms with Crippen molar-refractivity contribution < 1.29 is 5.11 Å². The molecule has 0 unspecified atom stereocenters. The Hall–Kier alpha value is -1.37. The molecule has 0 saturated carbocycles. The molecule has 1 N–H and O–H groups in total. The number of piperidine rings is 1. The number of hydrogen-bond acceptors (Lipinski definition) is 3. The van der Waals surface area contributed by atoms with E-state index in [2.05, 4.69) is 30.1 Å². The van der Waals surface area contributed by atoms with Crippen LogP contribution in [0.15, 0.2) is 30.3 Å². The van der Waals surface area contributed by atoms with Gasteiger partial charge in [0.15, 0.2) is 5.60 Å². The smallest absolute Gasteiger partial charge is 0.159 e. The lowest BCUT2D eigenvalue weighted by atomic mass is 9.70. The van der Waals surface area contributed by atoms with E-state index in [0.717, 1.165) is 12.1 Å². The monoisotopic (exact) mass is 244 g/mol. The van der Waals surface area contributed by atoms with Crippen LogP contribution in [-0.4, -0.2) is 29.2 Å². The molecule has 1 aliphatic rings. The molecular weight excluding hydrogens is 224 g/mol. The first kappa shape index (κ1) is 13.1. The number of hydrogen-bond donors (Lipinski definition) is 1. The van der Waals surface area contributed by atoms with Gasteiger partial charge in [0.2, 0.25) is 0 Å². The average molecular weight is 244 g/mol. The molecule has 1 aliphatic heterocycles. The van der Waals surface area contributed by atoms with Crippen LogP contribution in [0.25, 0.3) is 0 Å². The van der Waals surface area contributed by atoms with Gasteiger partial charge in [0.25, 0.3) is 0 Å². The maximum absolute atomic E-state index is 10.6. The first-order valence-corrected chi connectivity index (χ1v) is 6.39. The third-order valence-corrected chi connectivity index (χ3v) is 4.28. The highest BCUT2D eigenvalue weighted by atomic mass is 16.3. The molecule has 4 atom stereocenters. The van der Waals surface area contributed by atoms with Crippen molar-refractivity contribution >= 4 is 0 Å². The van der Waals surface area contributed by atoms with E-state index in [9.17, 15) is 10.4 Å². The number of rotatable bonds is 1. The predicted molar refractivity (Wildman–Crippen MR) is 70.7 cm³/mol. The summed E-state index contributed by atoms with van der Waals surface area (Å²) in [4.78, 5) is 2.23. The molecule has 18 heavy (non-hydrogen) atoms. The highest BCUT2D eigenvalue weighted by molar-refractivity contribution is 5.24. The summed E-state index contributed by atoms with van der Waals surface area (Å²) in [5.41, 5.74) is -0.0828. The minimum Gasteiger partial charge on any atom is -0.375 e. The minimum atomic E-state index is -1.24. The molecule has 0 amide bonds. The molecule has 1 fully saturated rings. The average Bonchev–Trinajstić information content (AvgIpc) is 2.37. The fraction of sp³-hybridized carbons (Fsp3) is 0.533. The summed E-state index contributed by atoms with van der Waals surface area (Å²) >= 11 is 0. The van der Waals surface area contributed by atoms with Crippen LogP contribution in [0.4, 0.5) is 0 Å². The first-order valence-electron chi connectivity index (χ1n) is 6.39. The lowest BCUT2D eigenvalue weighted by Crippen LogP contribution is -2.55. The van der Waals surface area contributed by atoms with E-state index in [-0.39, 0.29) is 17.9 Å².